The van der Waals surface area contributed by atoms with Crippen molar-refractivity contribution < 1.29 is 60.0 Å². The molecule has 0 spiro atoms. The van der Waals surface area contributed by atoms with E-state index in [9.17, 15) is 21.7 Å². The number of anilines is 1. The summed E-state index contributed by atoms with van der Waals surface area (Å²) < 4.78 is 62.0. The van der Waals surface area contributed by atoms with Crippen LogP contribution in [0, 0.1) is 0 Å². The average molecular weight is 539 g/mol. The first-order valence-corrected chi connectivity index (χ1v) is 13.5. The summed E-state index contributed by atoms with van der Waals surface area (Å²) in [7, 11) is -4.33. The number of para-hydroxylation sites is 1. The van der Waals surface area contributed by atoms with Gasteiger partial charge < -0.3 is 18.6 Å². The summed E-state index contributed by atoms with van der Waals surface area (Å²) >= 11 is -2.70. The van der Waals surface area contributed by atoms with Crippen LogP contribution in [0.25, 0.3) is 0 Å². The zero-order valence-electron chi connectivity index (χ0n) is 20.4. The topological polar surface area (TPSA) is 122 Å². The third-order valence-electron chi connectivity index (χ3n) is 5.51. The predicted octanol–water partition coefficient (Wildman–Crippen LogP) is 0.913. The molecular formula is C25H27N2NaO6S2. The van der Waals surface area contributed by atoms with E-state index in [1.165, 1.54) is 0 Å². The van der Waals surface area contributed by atoms with E-state index in [4.69, 9.17) is 4.18 Å². The first-order valence-electron chi connectivity index (χ1n) is 10.9. The summed E-state index contributed by atoms with van der Waals surface area (Å²) in [5.41, 5.74) is 2.98. The van der Waals surface area contributed by atoms with Gasteiger partial charge >= 0.3 is 29.6 Å². The Labute approximate surface area is 237 Å². The van der Waals surface area contributed by atoms with Gasteiger partial charge in [-0.1, -0.05) is 36.4 Å². The van der Waals surface area contributed by atoms with Crippen LogP contribution in [0.3, 0.4) is 0 Å². The van der Waals surface area contributed by atoms with E-state index in [0.717, 1.165) is 22.6 Å². The molecule has 1 N–H and O–H groups in total. The molecule has 1 unspecified atom stereocenters. The van der Waals surface area contributed by atoms with Crippen molar-refractivity contribution in [3.63, 3.8) is 0 Å². The van der Waals surface area contributed by atoms with Crippen molar-refractivity contribution in [2.24, 2.45) is 0 Å². The van der Waals surface area contributed by atoms with Gasteiger partial charge in [-0.05, 0) is 44.2 Å². The van der Waals surface area contributed by atoms with Gasteiger partial charge in [-0.25, -0.2) is 12.6 Å². The largest absolute Gasteiger partial charge is 1.00 e. The number of nitrogens with one attached hydrogen (secondary N) is 1. The van der Waals surface area contributed by atoms with Crippen molar-refractivity contribution >= 4 is 38.6 Å². The molecule has 2 aromatic carbocycles. The summed E-state index contributed by atoms with van der Waals surface area (Å²) in [4.78, 5) is 0. The fourth-order valence-electron chi connectivity index (χ4n) is 3.93. The second-order valence-electron chi connectivity index (χ2n) is 8.36. The van der Waals surface area contributed by atoms with Gasteiger partial charge in [-0.15, -0.1) is 0 Å². The van der Waals surface area contributed by atoms with Crippen LogP contribution in [0.5, 0.6) is 5.75 Å². The van der Waals surface area contributed by atoms with Crippen LogP contribution >= 0.6 is 0 Å². The van der Waals surface area contributed by atoms with Crippen molar-refractivity contribution in [2.75, 3.05) is 17.6 Å². The number of rotatable bonds is 11. The fourth-order valence-corrected chi connectivity index (χ4v) is 4.68. The van der Waals surface area contributed by atoms with Gasteiger partial charge in [0.15, 0.2) is 5.71 Å². The van der Waals surface area contributed by atoms with Gasteiger partial charge in [0.2, 0.25) is 5.69 Å². The molecule has 11 heteroatoms. The molecule has 8 nitrogen and oxygen atoms in total. The summed E-state index contributed by atoms with van der Waals surface area (Å²) in [5, 5.41) is 3.16. The van der Waals surface area contributed by atoms with Crippen molar-refractivity contribution in [3.8, 4) is 5.75 Å². The molecule has 1 heterocycles. The van der Waals surface area contributed by atoms with E-state index in [2.05, 4.69) is 5.32 Å². The number of nitrogens with zero attached hydrogens (tertiary/aromatic N) is 1. The molecule has 0 bridgehead atoms. The summed E-state index contributed by atoms with van der Waals surface area (Å²) in [6.07, 6.45) is 11.4. The molecule has 0 saturated heterocycles. The van der Waals surface area contributed by atoms with E-state index in [1.807, 2.05) is 85.3 Å². The van der Waals surface area contributed by atoms with Crippen LogP contribution in [0.15, 0.2) is 85.1 Å². The maximum atomic E-state index is 11.1. The molecule has 0 aromatic heterocycles. The minimum absolute atomic E-state index is 0. The number of hydrogen-bond acceptors (Lipinski definition) is 7. The Morgan fingerprint density at radius 2 is 1.78 bits per heavy atom. The van der Waals surface area contributed by atoms with Gasteiger partial charge in [-0.2, -0.15) is 4.58 Å². The molecule has 1 atom stereocenters. The second kappa shape index (κ2) is 13.5. The van der Waals surface area contributed by atoms with Crippen molar-refractivity contribution in [1.82, 2.24) is 0 Å². The monoisotopic (exact) mass is 538 g/mol. The van der Waals surface area contributed by atoms with Gasteiger partial charge in [0.1, 0.15) is 23.7 Å². The normalized spacial score (nSPS) is 15.9. The third-order valence-corrected chi connectivity index (χ3v) is 6.63. The molecule has 186 valence electrons. The molecule has 1 aliphatic rings. The number of hydrogen-bond donors (Lipinski definition) is 1. The first kappa shape index (κ1) is 30.2. The zero-order chi connectivity index (χ0) is 25.5. The van der Waals surface area contributed by atoms with E-state index in [1.54, 1.807) is 18.2 Å². The van der Waals surface area contributed by atoms with Crippen LogP contribution in [0.2, 0.25) is 0 Å². The Kier molecular flexibility index (Phi) is 11.3. The fraction of sp³-hybridized carbons (Fsp3) is 0.240. The van der Waals surface area contributed by atoms with Crippen LogP contribution in [0.1, 0.15) is 25.8 Å². The minimum Gasteiger partial charge on any atom is -0.748 e. The van der Waals surface area contributed by atoms with E-state index in [-0.39, 0.29) is 41.7 Å². The first-order chi connectivity index (χ1) is 16.6. The van der Waals surface area contributed by atoms with Crippen molar-refractivity contribution in [1.29, 1.82) is 0 Å². The standard InChI is InChI=1S/C25H28N2O6S2.Na/c1-25(2)22-19-21(33-34(28)29)14-15-23(22)27(17-10-18-35(30,31)32)24(25)13-8-3-4-9-16-26-20-11-6-5-7-12-20;/h3-9,11-16,19H,10,17-18H2,1-2H3,(H2,28,29,30,31,32);/q;+1/p-1. The number of allylic oxidation sites excluding steroid dienone is 5. The smallest absolute Gasteiger partial charge is 0.748 e. The zero-order valence-corrected chi connectivity index (χ0v) is 24.1. The van der Waals surface area contributed by atoms with E-state index in [0.29, 0.717) is 6.54 Å². The molecule has 0 amide bonds. The molecule has 0 radical (unpaired) electrons. The molecule has 0 fully saturated rings. The van der Waals surface area contributed by atoms with Gasteiger partial charge in [0.05, 0.1) is 15.5 Å². The molecule has 0 saturated carbocycles. The number of fused-ring (bicyclic) bond motifs is 1. The maximum absolute atomic E-state index is 11.1. The maximum Gasteiger partial charge on any atom is 1.00 e. The van der Waals surface area contributed by atoms with Gasteiger partial charge in [0, 0.05) is 41.8 Å². The summed E-state index contributed by atoms with van der Waals surface area (Å²) in [5.74, 6) is -0.278. The SMILES string of the molecule is CC1(C)C(/C=C/C=C/C=C/Nc2ccccc2)=[N+](CCCS(=O)(=O)[O-])c2ccc(OS(=O)[O-])cc21.[Na+]. The Morgan fingerprint density at radius 1 is 1.08 bits per heavy atom. The Bertz CT molecular complexity index is 1300. The molecule has 0 aliphatic carbocycles. The minimum atomic E-state index is -4.33. The summed E-state index contributed by atoms with van der Waals surface area (Å²) in [6.45, 7) is 4.29. The van der Waals surface area contributed by atoms with Crippen molar-refractivity contribution in [3.05, 3.63) is 90.7 Å². The van der Waals surface area contributed by atoms with E-state index >= 15 is 0 Å². The van der Waals surface area contributed by atoms with Crippen LogP contribution < -0.4 is 39.1 Å². The van der Waals surface area contributed by atoms with Gasteiger partial charge in [0.25, 0.3) is 0 Å². The summed E-state index contributed by atoms with van der Waals surface area (Å²) in [6, 6.07) is 14.7. The Hall–Kier alpha value is -2.05. The molecule has 1 aliphatic heterocycles. The average Bonchev–Trinajstić information content (AvgIpc) is 2.99. The molecule has 2 aromatic rings. The predicted molar refractivity (Wildman–Crippen MR) is 135 cm³/mol. The van der Waals surface area contributed by atoms with Crippen LogP contribution in [-0.2, 0) is 26.9 Å². The third kappa shape index (κ3) is 8.52. The molecular weight excluding hydrogens is 511 g/mol. The van der Waals surface area contributed by atoms with Gasteiger partial charge in [-0.3, -0.25) is 0 Å². The number of benzene rings is 2. The van der Waals surface area contributed by atoms with E-state index < -0.39 is 32.6 Å². The van der Waals surface area contributed by atoms with Crippen LogP contribution in [-0.4, -0.2) is 44.3 Å². The van der Waals surface area contributed by atoms with Crippen LogP contribution in [0.4, 0.5) is 11.4 Å². The van der Waals surface area contributed by atoms with Crippen molar-refractivity contribution in [2.45, 2.75) is 25.7 Å². The molecule has 3 rings (SSSR count). The second-order valence-corrected chi connectivity index (χ2v) is 10.5. The molecule has 36 heavy (non-hydrogen) atoms. The quantitative estimate of drug-likeness (QED) is 0.148. The Morgan fingerprint density at radius 3 is 2.44 bits per heavy atom. The Balaban J connectivity index is 0.00000456.